The molecule has 1 amide bonds. The Morgan fingerprint density at radius 3 is 2.43 bits per heavy atom. The van der Waals surface area contributed by atoms with Crippen LogP contribution >= 0.6 is 24.0 Å². The van der Waals surface area contributed by atoms with Gasteiger partial charge in [0.1, 0.15) is 0 Å². The Bertz CT molecular complexity index is 523. The smallest absolute Gasteiger partial charge is 0.230 e. The lowest BCUT2D eigenvalue weighted by atomic mass is 9.84. The van der Waals surface area contributed by atoms with E-state index < -0.39 is 0 Å². The SMILES string of the molecule is CN=C(NCC1(C(=O)N(C)C)CCCC1)N1CCN(CC2CCOC2)CC1.I. The topological polar surface area (TPSA) is 60.4 Å². The Balaban J connectivity index is 0.00000280. The summed E-state index contributed by atoms with van der Waals surface area (Å²) in [6, 6.07) is 0. The van der Waals surface area contributed by atoms with Crippen LogP contribution in [0.2, 0.25) is 0 Å². The van der Waals surface area contributed by atoms with Crippen LogP contribution < -0.4 is 5.32 Å². The van der Waals surface area contributed by atoms with Crippen LogP contribution in [0.5, 0.6) is 0 Å². The maximum absolute atomic E-state index is 12.8. The number of halogens is 1. The lowest BCUT2D eigenvalue weighted by Gasteiger charge is -2.38. The van der Waals surface area contributed by atoms with E-state index in [1.165, 1.54) is 6.42 Å². The van der Waals surface area contributed by atoms with Gasteiger partial charge in [-0.05, 0) is 25.2 Å². The summed E-state index contributed by atoms with van der Waals surface area (Å²) in [5, 5.41) is 3.54. The summed E-state index contributed by atoms with van der Waals surface area (Å²) in [7, 11) is 5.58. The highest BCUT2D eigenvalue weighted by molar-refractivity contribution is 14.0. The van der Waals surface area contributed by atoms with Gasteiger partial charge in [0.05, 0.1) is 12.0 Å². The molecule has 1 saturated carbocycles. The van der Waals surface area contributed by atoms with Crippen molar-refractivity contribution in [3.8, 4) is 0 Å². The monoisotopic (exact) mass is 507 g/mol. The van der Waals surface area contributed by atoms with Gasteiger partial charge in [-0.1, -0.05) is 12.8 Å². The fraction of sp³-hybridized carbons (Fsp3) is 0.900. The predicted molar refractivity (Wildman–Crippen MR) is 123 cm³/mol. The maximum Gasteiger partial charge on any atom is 0.230 e. The van der Waals surface area contributed by atoms with Crippen molar-refractivity contribution in [2.75, 3.05) is 73.6 Å². The van der Waals surface area contributed by atoms with E-state index in [0.717, 1.165) is 77.6 Å². The first kappa shape index (κ1) is 23.7. The van der Waals surface area contributed by atoms with Crippen molar-refractivity contribution in [2.45, 2.75) is 32.1 Å². The molecule has 3 fully saturated rings. The van der Waals surface area contributed by atoms with Gasteiger partial charge in [0, 0.05) is 67.0 Å². The van der Waals surface area contributed by atoms with E-state index in [1.54, 1.807) is 4.90 Å². The molecule has 0 bridgehead atoms. The van der Waals surface area contributed by atoms with Crippen LogP contribution in [0.3, 0.4) is 0 Å². The Labute approximate surface area is 187 Å². The van der Waals surface area contributed by atoms with E-state index in [2.05, 4.69) is 20.1 Å². The van der Waals surface area contributed by atoms with Crippen LogP contribution in [0.4, 0.5) is 0 Å². The molecule has 3 aliphatic rings. The fourth-order valence-corrected chi connectivity index (χ4v) is 4.81. The number of nitrogens with one attached hydrogen (secondary N) is 1. The number of carbonyl (C=O) groups is 1. The maximum atomic E-state index is 12.8. The Kier molecular flexibility index (Phi) is 9.27. The third-order valence-electron chi connectivity index (χ3n) is 6.43. The number of hydrogen-bond donors (Lipinski definition) is 1. The summed E-state index contributed by atoms with van der Waals surface area (Å²) in [6.45, 7) is 7.80. The molecule has 0 aromatic heterocycles. The van der Waals surface area contributed by atoms with Crippen molar-refractivity contribution in [2.24, 2.45) is 16.3 Å². The van der Waals surface area contributed by atoms with Gasteiger partial charge in [0.15, 0.2) is 5.96 Å². The molecule has 7 nitrogen and oxygen atoms in total. The van der Waals surface area contributed by atoms with Crippen LogP contribution in [0.25, 0.3) is 0 Å². The fourth-order valence-electron chi connectivity index (χ4n) is 4.81. The second-order valence-corrected chi connectivity index (χ2v) is 8.61. The minimum absolute atomic E-state index is 0. The molecule has 1 aliphatic carbocycles. The van der Waals surface area contributed by atoms with Crippen LogP contribution in [0, 0.1) is 11.3 Å². The highest BCUT2D eigenvalue weighted by Gasteiger charge is 2.42. The van der Waals surface area contributed by atoms with Crippen LogP contribution in [-0.4, -0.2) is 100 Å². The zero-order valence-electron chi connectivity index (χ0n) is 17.8. The largest absolute Gasteiger partial charge is 0.381 e. The molecule has 2 aliphatic heterocycles. The summed E-state index contributed by atoms with van der Waals surface area (Å²) < 4.78 is 5.50. The first-order chi connectivity index (χ1) is 13.0. The number of aliphatic imine (C=N–C) groups is 1. The van der Waals surface area contributed by atoms with Crippen LogP contribution in [0.15, 0.2) is 4.99 Å². The minimum Gasteiger partial charge on any atom is -0.381 e. The van der Waals surface area contributed by atoms with Gasteiger partial charge in [-0.2, -0.15) is 0 Å². The van der Waals surface area contributed by atoms with Crippen molar-refractivity contribution in [1.82, 2.24) is 20.0 Å². The number of ether oxygens (including phenoxy) is 1. The molecule has 28 heavy (non-hydrogen) atoms. The molecule has 0 aromatic rings. The number of rotatable bonds is 5. The van der Waals surface area contributed by atoms with Gasteiger partial charge in [-0.25, -0.2) is 0 Å². The Morgan fingerprint density at radius 2 is 1.89 bits per heavy atom. The third kappa shape index (κ3) is 5.72. The molecule has 1 atom stereocenters. The molecule has 1 N–H and O–H groups in total. The van der Waals surface area contributed by atoms with Crippen molar-refractivity contribution in [1.29, 1.82) is 0 Å². The molecule has 0 spiro atoms. The number of piperazine rings is 1. The average Bonchev–Trinajstić information content (AvgIpc) is 3.35. The molecule has 162 valence electrons. The predicted octanol–water partition coefficient (Wildman–Crippen LogP) is 1.48. The van der Waals surface area contributed by atoms with Gasteiger partial charge in [0.25, 0.3) is 0 Å². The second-order valence-electron chi connectivity index (χ2n) is 8.61. The van der Waals surface area contributed by atoms with Crippen molar-refractivity contribution >= 4 is 35.8 Å². The van der Waals surface area contributed by atoms with E-state index >= 15 is 0 Å². The number of carbonyl (C=O) groups excluding carboxylic acids is 1. The number of guanidine groups is 1. The van der Waals surface area contributed by atoms with Crippen LogP contribution in [0.1, 0.15) is 32.1 Å². The van der Waals surface area contributed by atoms with Gasteiger partial charge in [0.2, 0.25) is 5.91 Å². The van der Waals surface area contributed by atoms with E-state index in [0.29, 0.717) is 12.5 Å². The normalized spacial score (nSPS) is 25.5. The average molecular weight is 507 g/mol. The summed E-state index contributed by atoms with van der Waals surface area (Å²) in [4.78, 5) is 23.9. The lowest BCUT2D eigenvalue weighted by Crippen LogP contribution is -2.55. The van der Waals surface area contributed by atoms with E-state index in [1.807, 2.05) is 21.1 Å². The Morgan fingerprint density at radius 1 is 1.21 bits per heavy atom. The molecule has 0 aromatic carbocycles. The molecule has 0 radical (unpaired) electrons. The summed E-state index contributed by atoms with van der Waals surface area (Å²) >= 11 is 0. The van der Waals surface area contributed by atoms with Gasteiger partial charge in [-0.15, -0.1) is 24.0 Å². The van der Waals surface area contributed by atoms with Gasteiger partial charge >= 0.3 is 0 Å². The lowest BCUT2D eigenvalue weighted by molar-refractivity contribution is -0.138. The van der Waals surface area contributed by atoms with Crippen molar-refractivity contribution in [3.63, 3.8) is 0 Å². The summed E-state index contributed by atoms with van der Waals surface area (Å²) in [6.07, 6.45) is 5.44. The van der Waals surface area contributed by atoms with Crippen molar-refractivity contribution in [3.05, 3.63) is 0 Å². The number of amides is 1. The minimum atomic E-state index is -0.260. The van der Waals surface area contributed by atoms with Crippen LogP contribution in [-0.2, 0) is 9.53 Å². The van der Waals surface area contributed by atoms with Gasteiger partial charge < -0.3 is 19.9 Å². The van der Waals surface area contributed by atoms with E-state index in [4.69, 9.17) is 4.74 Å². The number of nitrogens with zero attached hydrogens (tertiary/aromatic N) is 4. The molecular weight excluding hydrogens is 469 g/mol. The highest BCUT2D eigenvalue weighted by atomic mass is 127. The standard InChI is InChI=1S/C20H37N5O2.HI/c1-21-19(22-16-20(7-4-5-8-20)18(26)23(2)3)25-11-9-24(10-12-25)14-17-6-13-27-15-17;/h17H,4-16H2,1-3H3,(H,21,22);1H. The highest BCUT2D eigenvalue weighted by Crippen LogP contribution is 2.39. The van der Waals surface area contributed by atoms with E-state index in [9.17, 15) is 4.79 Å². The summed E-state index contributed by atoms with van der Waals surface area (Å²) in [5.41, 5.74) is -0.260. The molecule has 8 heteroatoms. The molecule has 1 unspecified atom stereocenters. The van der Waals surface area contributed by atoms with E-state index in [-0.39, 0.29) is 35.3 Å². The van der Waals surface area contributed by atoms with Crippen molar-refractivity contribution < 1.29 is 9.53 Å². The van der Waals surface area contributed by atoms with Gasteiger partial charge in [-0.3, -0.25) is 14.7 Å². The Hall–Kier alpha value is -0.610. The first-order valence-electron chi connectivity index (χ1n) is 10.5. The third-order valence-corrected chi connectivity index (χ3v) is 6.43. The quantitative estimate of drug-likeness (QED) is 0.347. The molecule has 3 rings (SSSR count). The summed E-state index contributed by atoms with van der Waals surface area (Å²) in [5.74, 6) is 1.90. The molecule has 2 heterocycles. The molecular formula is C20H38IN5O2. The zero-order chi connectivity index (χ0) is 19.3. The zero-order valence-corrected chi connectivity index (χ0v) is 20.1. The second kappa shape index (κ2) is 11.0. The number of hydrogen-bond acceptors (Lipinski definition) is 4. The molecule has 2 saturated heterocycles. The first-order valence-corrected chi connectivity index (χ1v) is 10.5.